The maximum absolute atomic E-state index is 14.4. The van der Waals surface area contributed by atoms with Crippen molar-refractivity contribution in [3.05, 3.63) is 94.6 Å². The number of hydrogen-bond donors (Lipinski definition) is 0. The number of aryl methyl sites for hydroxylation is 3. The molecule has 1 aromatic heterocycles. The molecule has 0 bridgehead atoms. The van der Waals surface area contributed by atoms with Crippen LogP contribution in [0, 0.1) is 26.6 Å². The lowest BCUT2D eigenvalue weighted by Gasteiger charge is -2.19. The fraction of sp³-hybridized carbons (Fsp3) is 0.259. The largest absolute Gasteiger partial charge is 0.323 e. The van der Waals surface area contributed by atoms with E-state index in [1.165, 1.54) is 28.3 Å². The Morgan fingerprint density at radius 2 is 1.69 bits per heavy atom. The van der Waals surface area contributed by atoms with Crippen molar-refractivity contribution in [1.29, 1.82) is 0 Å². The number of benzene rings is 3. The first-order valence-electron chi connectivity index (χ1n) is 11.0. The standard InChI is InChI=1S/C27H26FN3O/c1-17-12-18(2)21(19(3)13-17)16-31-25-11-7-5-9-23(25)29-27(31)20-14-26(32)30(15-20)24-10-6-4-8-22(24)28/h4-13,20H,14-16H2,1-3H3. The SMILES string of the molecule is Cc1cc(C)c(Cn2c(C3CC(=O)N(c4ccccc4F)C3)nc3ccccc32)c(C)c1. The third-order valence-corrected chi connectivity index (χ3v) is 6.47. The fourth-order valence-corrected chi connectivity index (χ4v) is 4.97. The predicted octanol–water partition coefficient (Wildman–Crippen LogP) is 5.67. The van der Waals surface area contributed by atoms with Crippen molar-refractivity contribution in [1.82, 2.24) is 9.55 Å². The highest BCUT2D eigenvalue weighted by Gasteiger charge is 2.36. The monoisotopic (exact) mass is 427 g/mol. The van der Waals surface area contributed by atoms with E-state index in [4.69, 9.17) is 4.98 Å². The van der Waals surface area contributed by atoms with Crippen molar-refractivity contribution in [2.24, 2.45) is 0 Å². The second-order valence-electron chi connectivity index (χ2n) is 8.78. The minimum atomic E-state index is -0.374. The normalized spacial score (nSPS) is 16.3. The number of anilines is 1. The lowest BCUT2D eigenvalue weighted by atomic mass is 9.99. The van der Waals surface area contributed by atoms with Gasteiger partial charge in [0.15, 0.2) is 0 Å². The summed E-state index contributed by atoms with van der Waals surface area (Å²) in [5.74, 6) is 0.348. The van der Waals surface area contributed by atoms with Gasteiger partial charge < -0.3 is 9.47 Å². The topological polar surface area (TPSA) is 38.1 Å². The third-order valence-electron chi connectivity index (χ3n) is 6.47. The Morgan fingerprint density at radius 3 is 2.44 bits per heavy atom. The lowest BCUT2D eigenvalue weighted by Crippen LogP contribution is -2.25. The van der Waals surface area contributed by atoms with Crippen molar-refractivity contribution in [3.8, 4) is 0 Å². The number of carbonyl (C=O) groups excluding carboxylic acids is 1. The molecule has 1 amide bonds. The first-order valence-corrected chi connectivity index (χ1v) is 11.0. The summed E-state index contributed by atoms with van der Waals surface area (Å²) in [6.45, 7) is 7.52. The van der Waals surface area contributed by atoms with Crippen LogP contribution < -0.4 is 4.90 Å². The summed E-state index contributed by atoms with van der Waals surface area (Å²) in [6, 6.07) is 19.0. The van der Waals surface area contributed by atoms with Crippen molar-refractivity contribution in [2.45, 2.75) is 39.7 Å². The molecule has 0 N–H and O–H groups in total. The van der Waals surface area contributed by atoms with E-state index in [1.807, 2.05) is 18.2 Å². The molecule has 5 rings (SSSR count). The Bertz CT molecular complexity index is 1320. The number of para-hydroxylation sites is 3. The van der Waals surface area contributed by atoms with Crippen LogP contribution in [-0.2, 0) is 11.3 Å². The lowest BCUT2D eigenvalue weighted by molar-refractivity contribution is -0.117. The molecule has 2 heterocycles. The molecule has 3 aromatic carbocycles. The smallest absolute Gasteiger partial charge is 0.227 e. The van der Waals surface area contributed by atoms with Gasteiger partial charge in [0.1, 0.15) is 11.6 Å². The molecule has 0 aliphatic carbocycles. The van der Waals surface area contributed by atoms with Gasteiger partial charge in [-0.2, -0.15) is 0 Å². The van der Waals surface area contributed by atoms with Crippen LogP contribution in [0.4, 0.5) is 10.1 Å². The number of halogens is 1. The van der Waals surface area contributed by atoms with E-state index >= 15 is 0 Å². The van der Waals surface area contributed by atoms with Crippen LogP contribution in [0.3, 0.4) is 0 Å². The highest BCUT2D eigenvalue weighted by molar-refractivity contribution is 5.96. The van der Waals surface area contributed by atoms with Gasteiger partial charge in [-0.15, -0.1) is 0 Å². The van der Waals surface area contributed by atoms with Gasteiger partial charge in [0.2, 0.25) is 5.91 Å². The zero-order valence-corrected chi connectivity index (χ0v) is 18.6. The zero-order valence-electron chi connectivity index (χ0n) is 18.6. The minimum Gasteiger partial charge on any atom is -0.323 e. The molecule has 162 valence electrons. The summed E-state index contributed by atoms with van der Waals surface area (Å²) >= 11 is 0. The Balaban J connectivity index is 1.57. The summed E-state index contributed by atoms with van der Waals surface area (Å²) in [7, 11) is 0. The van der Waals surface area contributed by atoms with Crippen molar-refractivity contribution in [2.75, 3.05) is 11.4 Å². The van der Waals surface area contributed by atoms with Crippen LogP contribution in [0.5, 0.6) is 0 Å². The molecule has 0 radical (unpaired) electrons. The summed E-state index contributed by atoms with van der Waals surface area (Å²) in [5.41, 5.74) is 7.34. The third kappa shape index (κ3) is 3.48. The van der Waals surface area contributed by atoms with Gasteiger partial charge in [0.05, 0.1) is 16.7 Å². The molecular weight excluding hydrogens is 401 g/mol. The molecule has 0 spiro atoms. The Kier molecular flexibility index (Phi) is 5.04. The van der Waals surface area contributed by atoms with Gasteiger partial charge in [0.25, 0.3) is 0 Å². The molecule has 1 atom stereocenters. The van der Waals surface area contributed by atoms with Crippen LogP contribution in [0.1, 0.15) is 40.4 Å². The number of fused-ring (bicyclic) bond motifs is 1. The van der Waals surface area contributed by atoms with E-state index in [-0.39, 0.29) is 17.6 Å². The van der Waals surface area contributed by atoms with Gasteiger partial charge >= 0.3 is 0 Å². The number of nitrogens with zero attached hydrogens (tertiary/aromatic N) is 3. The van der Waals surface area contributed by atoms with Crippen LogP contribution in [0.2, 0.25) is 0 Å². The molecule has 1 aliphatic rings. The highest BCUT2D eigenvalue weighted by atomic mass is 19.1. The van der Waals surface area contributed by atoms with Crippen LogP contribution in [0.25, 0.3) is 11.0 Å². The van der Waals surface area contributed by atoms with E-state index in [9.17, 15) is 9.18 Å². The van der Waals surface area contributed by atoms with Gasteiger partial charge in [-0.05, 0) is 61.7 Å². The van der Waals surface area contributed by atoms with Crippen LogP contribution >= 0.6 is 0 Å². The van der Waals surface area contributed by atoms with E-state index in [1.54, 1.807) is 23.1 Å². The Labute approximate surface area is 187 Å². The summed E-state index contributed by atoms with van der Waals surface area (Å²) in [4.78, 5) is 19.4. The molecule has 4 aromatic rings. The number of hydrogen-bond acceptors (Lipinski definition) is 2. The Morgan fingerprint density at radius 1 is 1.00 bits per heavy atom. The summed E-state index contributed by atoms with van der Waals surface area (Å²) < 4.78 is 16.6. The van der Waals surface area contributed by atoms with Gasteiger partial charge in [0, 0.05) is 25.4 Å². The molecule has 32 heavy (non-hydrogen) atoms. The summed E-state index contributed by atoms with van der Waals surface area (Å²) in [6.07, 6.45) is 0.323. The maximum atomic E-state index is 14.4. The molecule has 5 heteroatoms. The zero-order chi connectivity index (χ0) is 22.4. The molecule has 4 nitrogen and oxygen atoms in total. The van der Waals surface area contributed by atoms with E-state index in [0.717, 1.165) is 16.9 Å². The molecule has 1 unspecified atom stereocenters. The number of aromatic nitrogens is 2. The second kappa shape index (κ2) is 7.90. The Hall–Kier alpha value is -3.47. The van der Waals surface area contributed by atoms with E-state index in [0.29, 0.717) is 25.2 Å². The summed E-state index contributed by atoms with van der Waals surface area (Å²) in [5, 5.41) is 0. The number of amides is 1. The van der Waals surface area contributed by atoms with Crippen LogP contribution in [0.15, 0.2) is 60.7 Å². The number of carbonyl (C=O) groups is 1. The minimum absolute atomic E-state index is 0.0681. The first kappa shape index (κ1) is 20.4. The van der Waals surface area contributed by atoms with Gasteiger partial charge in [-0.3, -0.25) is 4.79 Å². The number of rotatable bonds is 4. The molecule has 0 saturated carbocycles. The molecule has 1 fully saturated rings. The van der Waals surface area contributed by atoms with Gasteiger partial charge in [-0.25, -0.2) is 9.37 Å². The van der Waals surface area contributed by atoms with Crippen molar-refractivity contribution >= 4 is 22.6 Å². The average molecular weight is 428 g/mol. The first-order chi connectivity index (χ1) is 15.4. The highest BCUT2D eigenvalue weighted by Crippen LogP contribution is 2.35. The molecule has 1 aliphatic heterocycles. The molecule has 1 saturated heterocycles. The quantitative estimate of drug-likeness (QED) is 0.421. The van der Waals surface area contributed by atoms with Crippen molar-refractivity contribution < 1.29 is 9.18 Å². The average Bonchev–Trinajstić information content (AvgIpc) is 3.31. The second-order valence-corrected chi connectivity index (χ2v) is 8.78. The fourth-order valence-electron chi connectivity index (χ4n) is 4.97. The van der Waals surface area contributed by atoms with E-state index < -0.39 is 0 Å². The van der Waals surface area contributed by atoms with Crippen molar-refractivity contribution in [3.63, 3.8) is 0 Å². The number of imidazole rings is 1. The predicted molar refractivity (Wildman–Crippen MR) is 126 cm³/mol. The van der Waals surface area contributed by atoms with Crippen LogP contribution in [-0.4, -0.2) is 22.0 Å². The maximum Gasteiger partial charge on any atom is 0.227 e. The van der Waals surface area contributed by atoms with E-state index in [2.05, 4.69) is 43.5 Å². The van der Waals surface area contributed by atoms with Gasteiger partial charge in [-0.1, -0.05) is 42.0 Å². The molecular formula is C27H26FN3O.